The predicted octanol–water partition coefficient (Wildman–Crippen LogP) is 2.42. The van der Waals surface area contributed by atoms with E-state index < -0.39 is 0 Å². The van der Waals surface area contributed by atoms with Crippen LogP contribution in [0.3, 0.4) is 0 Å². The minimum Gasteiger partial charge on any atom is -0.458 e. The van der Waals surface area contributed by atoms with Crippen LogP contribution in [0.25, 0.3) is 0 Å². The molecule has 1 saturated heterocycles. The Bertz CT molecular complexity index is 598. The van der Waals surface area contributed by atoms with Crippen LogP contribution < -0.4 is 9.64 Å². The highest BCUT2D eigenvalue weighted by atomic mass is 32.1. The van der Waals surface area contributed by atoms with Crippen molar-refractivity contribution in [2.45, 2.75) is 39.2 Å². The molecule has 2 aromatic heterocycles. The molecule has 0 saturated carbocycles. The molecule has 0 spiro atoms. The minimum absolute atomic E-state index is 0.110. The normalized spacial score (nSPS) is 18.5. The average Bonchev–Trinajstić information content (AvgIpc) is 3.10. The first-order valence-electron chi connectivity index (χ1n) is 7.15. The topological polar surface area (TPSA) is 64.0 Å². The van der Waals surface area contributed by atoms with E-state index in [1.807, 2.05) is 6.92 Å². The number of rotatable bonds is 4. The van der Waals surface area contributed by atoms with Gasteiger partial charge in [0, 0.05) is 42.8 Å². The van der Waals surface area contributed by atoms with E-state index in [0.717, 1.165) is 36.0 Å². The lowest BCUT2D eigenvalue weighted by molar-refractivity contribution is 0.206. The summed E-state index contributed by atoms with van der Waals surface area (Å²) in [5.41, 5.74) is 1.03. The van der Waals surface area contributed by atoms with Crippen LogP contribution in [-0.2, 0) is 0 Å². The number of hydrogen-bond acceptors (Lipinski definition) is 7. The molecule has 0 aromatic carbocycles. The SMILES string of the molecule is Cc1cnc(OC2CCN(c3nc(C(C)C)ns3)C2)nc1. The molecule has 7 heteroatoms. The zero-order valence-corrected chi connectivity index (χ0v) is 13.3. The fourth-order valence-electron chi connectivity index (χ4n) is 2.18. The lowest BCUT2D eigenvalue weighted by Crippen LogP contribution is -2.25. The van der Waals surface area contributed by atoms with Crippen LogP contribution in [0.4, 0.5) is 5.13 Å². The van der Waals surface area contributed by atoms with Crippen molar-refractivity contribution in [2.75, 3.05) is 18.0 Å². The van der Waals surface area contributed by atoms with Crippen LogP contribution in [0.5, 0.6) is 6.01 Å². The van der Waals surface area contributed by atoms with Crippen LogP contribution in [0, 0.1) is 6.92 Å². The Hall–Kier alpha value is -1.76. The van der Waals surface area contributed by atoms with Gasteiger partial charge < -0.3 is 9.64 Å². The average molecular weight is 305 g/mol. The lowest BCUT2D eigenvalue weighted by Gasteiger charge is -2.14. The lowest BCUT2D eigenvalue weighted by atomic mass is 10.2. The summed E-state index contributed by atoms with van der Waals surface area (Å²) >= 11 is 1.46. The van der Waals surface area contributed by atoms with E-state index in [0.29, 0.717) is 11.9 Å². The van der Waals surface area contributed by atoms with E-state index in [9.17, 15) is 0 Å². The van der Waals surface area contributed by atoms with Gasteiger partial charge in [-0.1, -0.05) is 13.8 Å². The molecular weight excluding hydrogens is 286 g/mol. The molecule has 21 heavy (non-hydrogen) atoms. The second-order valence-corrected chi connectivity index (χ2v) is 6.34. The van der Waals surface area contributed by atoms with E-state index >= 15 is 0 Å². The Morgan fingerprint density at radius 3 is 2.76 bits per heavy atom. The molecule has 0 aliphatic carbocycles. The van der Waals surface area contributed by atoms with E-state index in [2.05, 4.69) is 38.1 Å². The summed E-state index contributed by atoms with van der Waals surface area (Å²) in [5.74, 6) is 1.28. The monoisotopic (exact) mass is 305 g/mol. The minimum atomic E-state index is 0.110. The van der Waals surface area contributed by atoms with Crippen molar-refractivity contribution in [2.24, 2.45) is 0 Å². The highest BCUT2D eigenvalue weighted by Crippen LogP contribution is 2.26. The van der Waals surface area contributed by atoms with Crippen molar-refractivity contribution >= 4 is 16.7 Å². The molecule has 112 valence electrons. The van der Waals surface area contributed by atoms with Gasteiger partial charge in [-0.05, 0) is 12.5 Å². The first kappa shape index (κ1) is 14.2. The summed E-state index contributed by atoms with van der Waals surface area (Å²) in [7, 11) is 0. The van der Waals surface area contributed by atoms with Crippen LogP contribution in [-0.4, -0.2) is 38.5 Å². The molecule has 6 nitrogen and oxygen atoms in total. The zero-order chi connectivity index (χ0) is 14.8. The smallest absolute Gasteiger partial charge is 0.316 e. The molecule has 3 rings (SSSR count). The van der Waals surface area contributed by atoms with Gasteiger partial charge in [0.1, 0.15) is 11.9 Å². The van der Waals surface area contributed by atoms with Crippen molar-refractivity contribution in [3.8, 4) is 6.01 Å². The van der Waals surface area contributed by atoms with Crippen molar-refractivity contribution in [3.05, 3.63) is 23.8 Å². The van der Waals surface area contributed by atoms with Gasteiger partial charge in [0.25, 0.3) is 0 Å². The molecule has 1 aliphatic heterocycles. The second kappa shape index (κ2) is 5.93. The number of nitrogens with zero attached hydrogens (tertiary/aromatic N) is 5. The standard InChI is InChI=1S/C14H19N5OS/c1-9(2)12-17-14(21-18-12)19-5-4-11(8-19)20-13-15-6-10(3)7-16-13/h6-7,9,11H,4-5,8H2,1-3H3. The van der Waals surface area contributed by atoms with Crippen molar-refractivity contribution in [1.82, 2.24) is 19.3 Å². The quantitative estimate of drug-likeness (QED) is 0.864. The molecule has 1 atom stereocenters. The van der Waals surface area contributed by atoms with Crippen molar-refractivity contribution < 1.29 is 4.74 Å². The van der Waals surface area contributed by atoms with E-state index in [4.69, 9.17) is 4.74 Å². The van der Waals surface area contributed by atoms with Gasteiger partial charge in [0.15, 0.2) is 0 Å². The van der Waals surface area contributed by atoms with Gasteiger partial charge in [0.2, 0.25) is 5.13 Å². The number of aryl methyl sites for hydroxylation is 1. The predicted molar refractivity (Wildman–Crippen MR) is 82.0 cm³/mol. The number of ether oxygens (including phenoxy) is 1. The summed E-state index contributed by atoms with van der Waals surface area (Å²) in [6.07, 6.45) is 4.61. The van der Waals surface area contributed by atoms with Gasteiger partial charge in [-0.2, -0.15) is 4.37 Å². The molecule has 0 radical (unpaired) electrons. The van der Waals surface area contributed by atoms with E-state index in [1.54, 1.807) is 12.4 Å². The molecule has 0 N–H and O–H groups in total. The summed E-state index contributed by atoms with van der Waals surface area (Å²) in [6, 6.07) is 0.451. The highest BCUT2D eigenvalue weighted by molar-refractivity contribution is 7.09. The zero-order valence-electron chi connectivity index (χ0n) is 12.5. The molecule has 3 heterocycles. The summed E-state index contributed by atoms with van der Waals surface area (Å²) in [5, 5.41) is 0.981. The number of anilines is 1. The van der Waals surface area contributed by atoms with Gasteiger partial charge in [-0.3, -0.25) is 0 Å². The van der Waals surface area contributed by atoms with Gasteiger partial charge >= 0.3 is 6.01 Å². The van der Waals surface area contributed by atoms with Gasteiger partial charge in [-0.25, -0.2) is 15.0 Å². The maximum atomic E-state index is 5.83. The first-order chi connectivity index (χ1) is 10.1. The fourth-order valence-corrected chi connectivity index (χ4v) is 3.02. The Morgan fingerprint density at radius 1 is 1.33 bits per heavy atom. The maximum absolute atomic E-state index is 5.83. The molecular formula is C14H19N5OS. The van der Waals surface area contributed by atoms with Crippen LogP contribution in [0.1, 0.15) is 37.6 Å². The molecule has 0 bridgehead atoms. The van der Waals surface area contributed by atoms with Gasteiger partial charge in [-0.15, -0.1) is 0 Å². The van der Waals surface area contributed by atoms with Crippen LogP contribution in [0.2, 0.25) is 0 Å². The third-order valence-electron chi connectivity index (χ3n) is 3.39. The largest absolute Gasteiger partial charge is 0.458 e. The summed E-state index contributed by atoms with van der Waals surface area (Å²) in [4.78, 5) is 15.2. The Kier molecular flexibility index (Phi) is 4.01. The third-order valence-corrected chi connectivity index (χ3v) is 4.18. The third kappa shape index (κ3) is 3.29. The van der Waals surface area contributed by atoms with Crippen molar-refractivity contribution in [1.29, 1.82) is 0 Å². The van der Waals surface area contributed by atoms with Gasteiger partial charge in [0.05, 0.1) is 6.54 Å². The fraction of sp³-hybridized carbons (Fsp3) is 0.571. The maximum Gasteiger partial charge on any atom is 0.316 e. The molecule has 1 unspecified atom stereocenters. The van der Waals surface area contributed by atoms with Crippen LogP contribution in [0.15, 0.2) is 12.4 Å². The summed E-state index contributed by atoms with van der Waals surface area (Å²) in [6.45, 7) is 7.92. The Balaban J connectivity index is 1.60. The Morgan fingerprint density at radius 2 is 2.10 bits per heavy atom. The molecule has 1 aliphatic rings. The van der Waals surface area contributed by atoms with E-state index in [1.165, 1.54) is 11.5 Å². The van der Waals surface area contributed by atoms with Crippen molar-refractivity contribution in [3.63, 3.8) is 0 Å². The molecule has 2 aromatic rings. The number of hydrogen-bond donors (Lipinski definition) is 0. The Labute approximate surface area is 128 Å². The second-order valence-electron chi connectivity index (χ2n) is 5.61. The summed E-state index contributed by atoms with van der Waals surface area (Å²) < 4.78 is 10.2. The first-order valence-corrected chi connectivity index (χ1v) is 7.93. The van der Waals surface area contributed by atoms with Crippen LogP contribution >= 0.6 is 11.5 Å². The number of aromatic nitrogens is 4. The highest BCUT2D eigenvalue weighted by Gasteiger charge is 2.27. The van der Waals surface area contributed by atoms with E-state index in [-0.39, 0.29) is 6.10 Å². The molecule has 0 amide bonds. The molecule has 1 fully saturated rings.